The number of rotatable bonds is 6. The number of benzene rings is 1. The molecule has 1 saturated heterocycles. The zero-order chi connectivity index (χ0) is 21.0. The number of nitrogens with one attached hydrogen (secondary N) is 1. The van der Waals surface area contributed by atoms with Gasteiger partial charge in [-0.2, -0.15) is 0 Å². The summed E-state index contributed by atoms with van der Waals surface area (Å²) in [5.41, 5.74) is 2.87. The van der Waals surface area contributed by atoms with E-state index in [9.17, 15) is 14.7 Å². The average Bonchev–Trinajstić information content (AvgIpc) is 2.68. The first-order chi connectivity index (χ1) is 13.9. The molecule has 0 atom stereocenters. The van der Waals surface area contributed by atoms with E-state index in [1.54, 1.807) is 12.1 Å². The van der Waals surface area contributed by atoms with Gasteiger partial charge >= 0.3 is 5.97 Å². The highest BCUT2D eigenvalue weighted by atomic mass is 16.4. The van der Waals surface area contributed by atoms with Crippen molar-refractivity contribution in [1.82, 2.24) is 9.88 Å². The quantitative estimate of drug-likeness (QED) is 0.681. The number of hydrogen-bond acceptors (Lipinski definition) is 6. The molecule has 0 bridgehead atoms. The molecule has 1 aromatic carbocycles. The van der Waals surface area contributed by atoms with Crippen molar-refractivity contribution in [3.63, 3.8) is 0 Å². The van der Waals surface area contributed by atoms with Crippen molar-refractivity contribution in [2.75, 3.05) is 49.5 Å². The number of carboxylic acid groups (broad SMARTS) is 1. The first-order valence-electron chi connectivity index (χ1n) is 9.58. The minimum atomic E-state index is -1.10. The highest BCUT2D eigenvalue weighted by Gasteiger charge is 2.22. The molecule has 2 aromatic rings. The summed E-state index contributed by atoms with van der Waals surface area (Å²) in [5.74, 6) is -0.851. The van der Waals surface area contributed by atoms with Crippen LogP contribution in [0.4, 0.5) is 11.5 Å². The Balaban J connectivity index is 1.86. The van der Waals surface area contributed by atoms with Crippen molar-refractivity contribution in [3.05, 3.63) is 52.7 Å². The van der Waals surface area contributed by atoms with Gasteiger partial charge in [0.1, 0.15) is 0 Å². The van der Waals surface area contributed by atoms with Crippen molar-refractivity contribution in [3.8, 4) is 0 Å². The molecule has 2 heterocycles. The van der Waals surface area contributed by atoms with Crippen LogP contribution in [0.1, 0.15) is 31.8 Å². The lowest BCUT2D eigenvalue weighted by molar-refractivity contribution is 0.0696. The Bertz CT molecular complexity index is 887. The zero-order valence-corrected chi connectivity index (χ0v) is 16.7. The van der Waals surface area contributed by atoms with E-state index < -0.39 is 5.97 Å². The molecule has 0 aliphatic carbocycles. The fourth-order valence-electron chi connectivity index (χ4n) is 3.54. The molecular formula is C21H26N4O4. The van der Waals surface area contributed by atoms with Crippen molar-refractivity contribution >= 4 is 23.4 Å². The summed E-state index contributed by atoms with van der Waals surface area (Å²) in [6, 6.07) is 7.03. The van der Waals surface area contributed by atoms with E-state index >= 15 is 0 Å². The second-order valence-electron chi connectivity index (χ2n) is 7.28. The molecule has 1 amide bonds. The normalized spacial score (nSPS) is 14.7. The third-order valence-electron chi connectivity index (χ3n) is 4.93. The lowest BCUT2D eigenvalue weighted by Gasteiger charge is -2.35. The molecule has 1 fully saturated rings. The maximum absolute atomic E-state index is 12.8. The number of carboxylic acids is 1. The van der Waals surface area contributed by atoms with E-state index in [0.717, 1.165) is 24.2 Å². The third kappa shape index (κ3) is 5.10. The van der Waals surface area contributed by atoms with Crippen LogP contribution in [0.2, 0.25) is 0 Å². The Labute approximate surface area is 169 Å². The molecule has 29 heavy (non-hydrogen) atoms. The first kappa shape index (κ1) is 20.8. The molecule has 154 valence electrons. The maximum Gasteiger partial charge on any atom is 0.337 e. The molecule has 0 unspecified atom stereocenters. The van der Waals surface area contributed by atoms with Gasteiger partial charge in [-0.3, -0.25) is 9.69 Å². The highest BCUT2D eigenvalue weighted by molar-refractivity contribution is 6.06. The number of carbonyl (C=O) groups is 2. The van der Waals surface area contributed by atoms with Gasteiger partial charge in [-0.15, -0.1) is 0 Å². The summed E-state index contributed by atoms with van der Waals surface area (Å²) >= 11 is 0. The van der Waals surface area contributed by atoms with E-state index in [1.165, 1.54) is 12.3 Å². The highest BCUT2D eigenvalue weighted by Crippen LogP contribution is 2.26. The SMILES string of the molecule is Cc1cc(C)cc(C(=O)Nc2cc(C(=O)O)cnc2N2CCN(CCO)CC2)c1. The van der Waals surface area contributed by atoms with Gasteiger partial charge in [0.25, 0.3) is 5.91 Å². The van der Waals surface area contributed by atoms with Gasteiger partial charge in [-0.25, -0.2) is 9.78 Å². The van der Waals surface area contributed by atoms with Gasteiger partial charge < -0.3 is 20.4 Å². The molecule has 3 rings (SSSR count). The number of carbonyl (C=O) groups excluding carboxylic acids is 1. The van der Waals surface area contributed by atoms with Gasteiger partial charge in [0.05, 0.1) is 17.9 Å². The van der Waals surface area contributed by atoms with Gasteiger partial charge in [0.15, 0.2) is 5.82 Å². The molecule has 3 N–H and O–H groups in total. The number of piperazine rings is 1. The molecular weight excluding hydrogens is 372 g/mol. The predicted octanol–water partition coefficient (Wildman–Crippen LogP) is 1.76. The Morgan fingerprint density at radius 1 is 1.03 bits per heavy atom. The minimum Gasteiger partial charge on any atom is -0.478 e. The van der Waals surface area contributed by atoms with Crippen LogP contribution in [-0.4, -0.2) is 71.3 Å². The summed E-state index contributed by atoms with van der Waals surface area (Å²) in [5, 5.41) is 21.3. The number of nitrogens with zero attached hydrogens (tertiary/aromatic N) is 3. The van der Waals surface area contributed by atoms with Crippen LogP contribution in [0.3, 0.4) is 0 Å². The lowest BCUT2D eigenvalue weighted by atomic mass is 10.1. The summed E-state index contributed by atoms with van der Waals surface area (Å²) in [6.45, 7) is 7.44. The number of aliphatic hydroxyl groups excluding tert-OH is 1. The Morgan fingerprint density at radius 3 is 2.28 bits per heavy atom. The molecule has 1 aliphatic rings. The number of amides is 1. The van der Waals surface area contributed by atoms with Crippen LogP contribution < -0.4 is 10.2 Å². The van der Waals surface area contributed by atoms with Crippen LogP contribution in [-0.2, 0) is 0 Å². The standard InChI is InChI=1S/C21H26N4O4/c1-14-9-15(2)11-16(10-14)20(27)23-18-12-17(21(28)29)13-22-19(18)25-5-3-24(4-6-25)7-8-26/h9-13,26H,3-8H2,1-2H3,(H,23,27)(H,28,29). The fourth-order valence-corrected chi connectivity index (χ4v) is 3.54. The van der Waals surface area contributed by atoms with Crippen molar-refractivity contribution < 1.29 is 19.8 Å². The fraction of sp³-hybridized carbons (Fsp3) is 0.381. The first-order valence-corrected chi connectivity index (χ1v) is 9.58. The van der Waals surface area contributed by atoms with Gasteiger partial charge in [-0.1, -0.05) is 17.2 Å². The molecule has 1 aromatic heterocycles. The number of aliphatic hydroxyl groups is 1. The van der Waals surface area contributed by atoms with E-state index in [4.69, 9.17) is 5.11 Å². The molecule has 0 spiro atoms. The summed E-state index contributed by atoms with van der Waals surface area (Å²) < 4.78 is 0. The van der Waals surface area contributed by atoms with Crippen molar-refractivity contribution in [1.29, 1.82) is 0 Å². The van der Waals surface area contributed by atoms with Gasteiger partial charge in [0, 0.05) is 44.5 Å². The number of pyridine rings is 1. The maximum atomic E-state index is 12.8. The largest absolute Gasteiger partial charge is 0.478 e. The smallest absolute Gasteiger partial charge is 0.337 e. The Morgan fingerprint density at radius 2 is 1.69 bits per heavy atom. The average molecular weight is 398 g/mol. The molecule has 0 saturated carbocycles. The second kappa shape index (κ2) is 9.02. The number of aromatic carboxylic acids is 1. The Hall–Kier alpha value is -2.97. The van der Waals surface area contributed by atoms with Gasteiger partial charge in [0.2, 0.25) is 0 Å². The van der Waals surface area contributed by atoms with Crippen LogP contribution >= 0.6 is 0 Å². The van der Waals surface area contributed by atoms with Crippen LogP contribution in [0.5, 0.6) is 0 Å². The molecule has 8 heteroatoms. The summed E-state index contributed by atoms with van der Waals surface area (Å²) in [4.78, 5) is 32.7. The summed E-state index contributed by atoms with van der Waals surface area (Å²) in [7, 11) is 0. The topological polar surface area (TPSA) is 106 Å². The lowest BCUT2D eigenvalue weighted by Crippen LogP contribution is -2.47. The minimum absolute atomic E-state index is 0.0170. The number of aryl methyl sites for hydroxylation is 2. The zero-order valence-electron chi connectivity index (χ0n) is 16.7. The van der Waals surface area contributed by atoms with E-state index in [-0.39, 0.29) is 18.1 Å². The van der Waals surface area contributed by atoms with Crippen LogP contribution in [0, 0.1) is 13.8 Å². The van der Waals surface area contributed by atoms with Crippen molar-refractivity contribution in [2.24, 2.45) is 0 Å². The third-order valence-corrected chi connectivity index (χ3v) is 4.93. The second-order valence-corrected chi connectivity index (χ2v) is 7.28. The van der Waals surface area contributed by atoms with E-state index in [2.05, 4.69) is 15.2 Å². The molecule has 1 aliphatic heterocycles. The van der Waals surface area contributed by atoms with Crippen LogP contribution in [0.25, 0.3) is 0 Å². The van der Waals surface area contributed by atoms with E-state index in [1.807, 2.05) is 24.8 Å². The number of β-amino-alcohol motifs (C(OH)–C–C–N with tert-alkyl or cyclic N) is 1. The van der Waals surface area contributed by atoms with Crippen molar-refractivity contribution in [2.45, 2.75) is 13.8 Å². The number of hydrogen-bond donors (Lipinski definition) is 3. The molecule has 8 nitrogen and oxygen atoms in total. The monoisotopic (exact) mass is 398 g/mol. The predicted molar refractivity (Wildman–Crippen MR) is 111 cm³/mol. The van der Waals surface area contributed by atoms with Crippen LogP contribution in [0.15, 0.2) is 30.5 Å². The number of anilines is 2. The number of aromatic nitrogens is 1. The van der Waals surface area contributed by atoms with E-state index in [0.29, 0.717) is 36.7 Å². The molecule has 0 radical (unpaired) electrons. The summed E-state index contributed by atoms with van der Waals surface area (Å²) in [6.07, 6.45) is 1.31. The Kier molecular flexibility index (Phi) is 6.46. The van der Waals surface area contributed by atoms with Gasteiger partial charge in [-0.05, 0) is 32.0 Å².